The molecule has 2 aromatic heterocycles. The van der Waals surface area contributed by atoms with Crippen LogP contribution < -0.4 is 4.90 Å². The van der Waals surface area contributed by atoms with Crippen LogP contribution in [0.1, 0.15) is 28.9 Å². The third-order valence-corrected chi connectivity index (χ3v) is 5.07. The van der Waals surface area contributed by atoms with Crippen LogP contribution in [0.5, 0.6) is 0 Å². The molecule has 25 heavy (non-hydrogen) atoms. The zero-order valence-electron chi connectivity index (χ0n) is 15.1. The topological polar surface area (TPSA) is 53.7 Å². The number of fused-ring (bicyclic) bond motifs is 2. The second-order valence-corrected chi connectivity index (χ2v) is 6.92. The Labute approximate surface area is 147 Å². The molecule has 0 aliphatic heterocycles. The molecule has 0 unspecified atom stereocenters. The van der Waals surface area contributed by atoms with E-state index < -0.39 is 0 Å². The first kappa shape index (κ1) is 16.1. The summed E-state index contributed by atoms with van der Waals surface area (Å²) in [4.78, 5) is 7.09. The number of aliphatic hydroxyl groups is 1. The Hall–Kier alpha value is -2.40. The van der Waals surface area contributed by atoms with E-state index in [9.17, 15) is 5.11 Å². The fourth-order valence-electron chi connectivity index (χ4n) is 3.82. The Morgan fingerprint density at radius 3 is 2.64 bits per heavy atom. The molecular weight excluding hydrogens is 312 g/mol. The van der Waals surface area contributed by atoms with Gasteiger partial charge in [-0.15, -0.1) is 0 Å². The van der Waals surface area contributed by atoms with E-state index >= 15 is 0 Å². The molecule has 2 heterocycles. The predicted octanol–water partition coefficient (Wildman–Crippen LogP) is 2.93. The van der Waals surface area contributed by atoms with Gasteiger partial charge in [-0.1, -0.05) is 29.8 Å². The molecule has 1 aromatic carbocycles. The quantitative estimate of drug-likeness (QED) is 0.796. The number of likely N-dealkylation sites (N-methyl/N-ethyl adjacent to an activating group) is 1. The highest BCUT2D eigenvalue weighted by molar-refractivity contribution is 5.81. The highest BCUT2D eigenvalue weighted by Crippen LogP contribution is 2.35. The molecule has 1 aliphatic rings. The summed E-state index contributed by atoms with van der Waals surface area (Å²) in [5.74, 6) is 1.08. The molecule has 0 amide bonds. The molecular formula is C20H24N4O. The standard InChI is InChI=1S/C20H24N4O/c1-13-7-9-15(10-8-13)18-14(2)22-24-19(18)21-17-6-4-5-16(17)20(24)23(3)11-12-25/h7-10,25H,4-6,11-12H2,1-3H3. The van der Waals surface area contributed by atoms with Crippen molar-refractivity contribution < 1.29 is 5.11 Å². The number of nitrogens with zero attached hydrogens (tertiary/aromatic N) is 4. The van der Waals surface area contributed by atoms with Crippen molar-refractivity contribution in [2.24, 2.45) is 0 Å². The van der Waals surface area contributed by atoms with Crippen molar-refractivity contribution >= 4 is 11.5 Å². The van der Waals surface area contributed by atoms with E-state index in [-0.39, 0.29) is 6.61 Å². The fraction of sp³-hybridized carbons (Fsp3) is 0.400. The smallest absolute Gasteiger partial charge is 0.165 e. The first-order valence-corrected chi connectivity index (χ1v) is 8.90. The van der Waals surface area contributed by atoms with Crippen molar-refractivity contribution in [3.05, 3.63) is 46.8 Å². The summed E-state index contributed by atoms with van der Waals surface area (Å²) in [5, 5.41) is 14.2. The SMILES string of the molecule is Cc1ccc(-c2c(C)nn3c(N(C)CCO)c4c(nc23)CCC4)cc1. The number of aryl methyl sites for hydroxylation is 3. The van der Waals surface area contributed by atoms with Gasteiger partial charge in [0, 0.05) is 30.4 Å². The third kappa shape index (κ3) is 2.59. The van der Waals surface area contributed by atoms with E-state index in [1.165, 1.54) is 16.8 Å². The highest BCUT2D eigenvalue weighted by Gasteiger charge is 2.25. The van der Waals surface area contributed by atoms with Crippen LogP contribution in [0, 0.1) is 13.8 Å². The molecule has 0 radical (unpaired) electrons. The number of benzene rings is 1. The molecule has 1 aliphatic carbocycles. The van der Waals surface area contributed by atoms with Gasteiger partial charge in [-0.3, -0.25) is 0 Å². The number of anilines is 1. The average Bonchev–Trinajstić information content (AvgIpc) is 3.17. The van der Waals surface area contributed by atoms with E-state index in [4.69, 9.17) is 10.1 Å². The van der Waals surface area contributed by atoms with Gasteiger partial charge in [0.1, 0.15) is 5.82 Å². The van der Waals surface area contributed by atoms with Gasteiger partial charge in [0.05, 0.1) is 12.3 Å². The Balaban J connectivity index is 1.99. The van der Waals surface area contributed by atoms with Crippen LogP contribution >= 0.6 is 0 Å². The van der Waals surface area contributed by atoms with Crippen molar-refractivity contribution in [3.8, 4) is 11.1 Å². The van der Waals surface area contributed by atoms with Crippen LogP contribution in [0.15, 0.2) is 24.3 Å². The maximum atomic E-state index is 9.40. The molecule has 3 aromatic rings. The van der Waals surface area contributed by atoms with Crippen LogP contribution in [0.3, 0.4) is 0 Å². The molecule has 0 spiro atoms. The van der Waals surface area contributed by atoms with Crippen LogP contribution in [0.25, 0.3) is 16.8 Å². The third-order valence-electron chi connectivity index (χ3n) is 5.07. The number of rotatable bonds is 4. The predicted molar refractivity (Wildman–Crippen MR) is 100 cm³/mol. The van der Waals surface area contributed by atoms with Crippen molar-refractivity contribution in [3.63, 3.8) is 0 Å². The van der Waals surface area contributed by atoms with Crippen molar-refractivity contribution in [1.82, 2.24) is 14.6 Å². The normalized spacial score (nSPS) is 13.4. The van der Waals surface area contributed by atoms with E-state index in [2.05, 4.69) is 36.1 Å². The minimum Gasteiger partial charge on any atom is -0.395 e. The molecule has 4 rings (SSSR count). The summed E-state index contributed by atoms with van der Waals surface area (Å²) >= 11 is 0. The molecule has 1 N–H and O–H groups in total. The Morgan fingerprint density at radius 1 is 1.16 bits per heavy atom. The maximum Gasteiger partial charge on any atom is 0.165 e. The number of aliphatic hydroxyl groups excluding tert-OH is 1. The van der Waals surface area contributed by atoms with Crippen LogP contribution in [-0.2, 0) is 12.8 Å². The summed E-state index contributed by atoms with van der Waals surface area (Å²) in [6, 6.07) is 8.55. The summed E-state index contributed by atoms with van der Waals surface area (Å²) in [7, 11) is 2.02. The zero-order valence-corrected chi connectivity index (χ0v) is 15.1. The largest absolute Gasteiger partial charge is 0.395 e. The van der Waals surface area contributed by atoms with Crippen molar-refractivity contribution in [1.29, 1.82) is 0 Å². The Bertz CT molecular complexity index is 927. The number of aromatic nitrogens is 3. The van der Waals surface area contributed by atoms with Crippen molar-refractivity contribution in [2.45, 2.75) is 33.1 Å². The summed E-state index contributed by atoms with van der Waals surface area (Å²) < 4.78 is 1.98. The minimum atomic E-state index is 0.125. The molecule has 0 bridgehead atoms. The van der Waals surface area contributed by atoms with E-state index in [0.29, 0.717) is 6.54 Å². The Kier molecular flexibility index (Phi) is 3.96. The van der Waals surface area contributed by atoms with E-state index in [1.54, 1.807) is 0 Å². The van der Waals surface area contributed by atoms with E-state index in [1.807, 2.05) is 18.5 Å². The lowest BCUT2D eigenvalue weighted by molar-refractivity contribution is 0.303. The fourth-order valence-corrected chi connectivity index (χ4v) is 3.82. The van der Waals surface area contributed by atoms with Gasteiger partial charge in [0.25, 0.3) is 0 Å². The van der Waals surface area contributed by atoms with Gasteiger partial charge in [-0.2, -0.15) is 9.61 Å². The average molecular weight is 336 g/mol. The van der Waals surface area contributed by atoms with Crippen LogP contribution in [0.2, 0.25) is 0 Å². The van der Waals surface area contributed by atoms with Gasteiger partial charge in [-0.05, 0) is 38.7 Å². The Morgan fingerprint density at radius 2 is 1.92 bits per heavy atom. The molecule has 0 saturated carbocycles. The summed E-state index contributed by atoms with van der Waals surface area (Å²) in [6.07, 6.45) is 3.18. The molecule has 0 fully saturated rings. The van der Waals surface area contributed by atoms with Crippen LogP contribution in [-0.4, -0.2) is 39.9 Å². The van der Waals surface area contributed by atoms with Gasteiger partial charge in [-0.25, -0.2) is 4.98 Å². The lowest BCUT2D eigenvalue weighted by atomic mass is 10.0. The number of hydrogen-bond acceptors (Lipinski definition) is 4. The second-order valence-electron chi connectivity index (χ2n) is 6.92. The first-order valence-electron chi connectivity index (χ1n) is 8.90. The minimum absolute atomic E-state index is 0.125. The van der Waals surface area contributed by atoms with Gasteiger partial charge in [0.2, 0.25) is 0 Å². The zero-order chi connectivity index (χ0) is 17.6. The maximum absolute atomic E-state index is 9.40. The summed E-state index contributed by atoms with van der Waals surface area (Å²) in [6.45, 7) is 4.86. The highest BCUT2D eigenvalue weighted by atomic mass is 16.3. The summed E-state index contributed by atoms with van der Waals surface area (Å²) in [5.41, 5.74) is 7.87. The molecule has 0 saturated heterocycles. The molecule has 130 valence electrons. The van der Waals surface area contributed by atoms with E-state index in [0.717, 1.165) is 47.5 Å². The first-order chi connectivity index (χ1) is 12.1. The number of hydrogen-bond donors (Lipinski definition) is 1. The van der Waals surface area contributed by atoms with Gasteiger partial charge in [0.15, 0.2) is 5.65 Å². The molecule has 0 atom stereocenters. The second kappa shape index (κ2) is 6.15. The van der Waals surface area contributed by atoms with Gasteiger partial charge >= 0.3 is 0 Å². The van der Waals surface area contributed by atoms with Gasteiger partial charge < -0.3 is 10.0 Å². The molecule has 5 nitrogen and oxygen atoms in total. The lowest BCUT2D eigenvalue weighted by Crippen LogP contribution is -2.25. The van der Waals surface area contributed by atoms with Crippen molar-refractivity contribution in [2.75, 3.05) is 25.1 Å². The lowest BCUT2D eigenvalue weighted by Gasteiger charge is -2.22. The molecule has 5 heteroatoms. The van der Waals surface area contributed by atoms with Crippen LogP contribution in [0.4, 0.5) is 5.82 Å². The monoisotopic (exact) mass is 336 g/mol.